The molecular formula is C91H106F2N8O16. The summed E-state index contributed by atoms with van der Waals surface area (Å²) in [5.41, 5.74) is 2.57. The van der Waals surface area contributed by atoms with Crippen molar-refractivity contribution in [3.8, 4) is 0 Å². The quantitative estimate of drug-likeness (QED) is 0.0191. The molecular weight excluding hydrogens is 1500 g/mol. The summed E-state index contributed by atoms with van der Waals surface area (Å²) in [6.07, 6.45) is 5.78. The summed E-state index contributed by atoms with van der Waals surface area (Å²) < 4.78 is 51.9. The number of carboxylic acids is 1. The number of fused-ring (bicyclic) bond motifs is 3. The number of carbonyl (C=O) groups excluding carboxylic acids is 9. The summed E-state index contributed by atoms with van der Waals surface area (Å²) in [4.78, 5) is 133. The highest BCUT2D eigenvalue weighted by Crippen LogP contribution is 2.27. The molecule has 6 amide bonds. The second kappa shape index (κ2) is 43.0. The van der Waals surface area contributed by atoms with Crippen molar-refractivity contribution in [3.05, 3.63) is 253 Å². The van der Waals surface area contributed by atoms with Crippen molar-refractivity contribution in [2.75, 3.05) is 60.6 Å². The zero-order chi connectivity index (χ0) is 85.1. The number of amides is 6. The molecule has 0 saturated carbocycles. The Morgan fingerprint density at radius 3 is 1.10 bits per heavy atom. The van der Waals surface area contributed by atoms with Crippen LogP contribution >= 0.6 is 0 Å². The summed E-state index contributed by atoms with van der Waals surface area (Å²) >= 11 is 0. The van der Waals surface area contributed by atoms with Crippen LogP contribution in [-0.2, 0) is 94.1 Å². The van der Waals surface area contributed by atoms with Gasteiger partial charge in [-0.2, -0.15) is 0 Å². The SMILES string of the molecule is C=CC[C@@H]1NCCN([C@@H](Cc2ccc3ccccc3c2)C(=O)OC)C1=O.C=CC[C@@H]1NCCN([C@@H](Cc2ccc3ccccc3c2)C(=O)OC)C1=O.C=CC[C@H]1C(=O)N([C@@H](Cc2ccc3ccccc3c2)C(=O)OC)CCN1C(=O)[C@@H](Cc1ccc(F)cc1)NC(=O)OC(C)(C)C.CC(C)(C)OC(=O)N[C@H](Cc1ccc(F)cc1)C(=O)O. The van der Waals surface area contributed by atoms with Crippen molar-refractivity contribution in [1.82, 2.24) is 40.9 Å². The third-order valence-corrected chi connectivity index (χ3v) is 19.6. The van der Waals surface area contributed by atoms with E-state index in [4.69, 9.17) is 28.8 Å². The summed E-state index contributed by atoms with van der Waals surface area (Å²) in [7, 11) is 4.01. The molecule has 0 radical (unpaired) electrons. The molecule has 11 rings (SSSR count). The van der Waals surface area contributed by atoms with Gasteiger partial charge in [0.2, 0.25) is 23.6 Å². The summed E-state index contributed by atoms with van der Waals surface area (Å²) in [6, 6.07) is 47.2. The lowest BCUT2D eigenvalue weighted by molar-refractivity contribution is -0.161. The zero-order valence-corrected chi connectivity index (χ0v) is 67.7. The second-order valence-corrected chi connectivity index (χ2v) is 30.4. The van der Waals surface area contributed by atoms with Crippen LogP contribution in [0.1, 0.15) is 88.6 Å². The van der Waals surface area contributed by atoms with Crippen LogP contribution in [0.2, 0.25) is 0 Å². The molecule has 0 spiro atoms. The molecule has 0 aliphatic carbocycles. The number of alkyl carbamates (subject to hydrolysis) is 2. The van der Waals surface area contributed by atoms with E-state index in [2.05, 4.69) is 65.3 Å². The summed E-state index contributed by atoms with van der Waals surface area (Å²) in [6.45, 7) is 23.8. The maximum absolute atomic E-state index is 14.1. The van der Waals surface area contributed by atoms with Crippen molar-refractivity contribution in [2.45, 2.75) is 152 Å². The van der Waals surface area contributed by atoms with E-state index in [9.17, 15) is 56.7 Å². The highest BCUT2D eigenvalue weighted by atomic mass is 19.1. The number of hydrogen-bond donors (Lipinski definition) is 5. The molecule has 8 aromatic rings. The van der Waals surface area contributed by atoms with Crippen molar-refractivity contribution >= 4 is 92.0 Å². The molecule has 3 saturated heterocycles. The molecule has 3 aliphatic heterocycles. The van der Waals surface area contributed by atoms with Crippen molar-refractivity contribution in [2.24, 2.45) is 0 Å². The molecule has 3 fully saturated rings. The number of methoxy groups -OCH3 is 3. The number of hydrogen-bond acceptors (Lipinski definition) is 17. The average Bonchev–Trinajstić information content (AvgIpc) is 0.789. The Morgan fingerprint density at radius 2 is 0.769 bits per heavy atom. The lowest BCUT2D eigenvalue weighted by atomic mass is 9.97. The van der Waals surface area contributed by atoms with Gasteiger partial charge in [-0.1, -0.05) is 170 Å². The number of nitrogens with zero attached hydrogens (tertiary/aromatic N) is 4. The molecule has 3 heterocycles. The van der Waals surface area contributed by atoms with Gasteiger partial charge in [-0.25, -0.2) is 37.5 Å². The molecule has 24 nitrogen and oxygen atoms in total. The Hall–Kier alpha value is -12.2. The van der Waals surface area contributed by atoms with Gasteiger partial charge in [0.05, 0.1) is 33.4 Å². The first-order valence-electron chi connectivity index (χ1n) is 38.7. The van der Waals surface area contributed by atoms with E-state index in [1.807, 2.05) is 103 Å². The van der Waals surface area contributed by atoms with Gasteiger partial charge in [0, 0.05) is 71.4 Å². The fourth-order valence-corrected chi connectivity index (χ4v) is 13.9. The van der Waals surface area contributed by atoms with Gasteiger partial charge >= 0.3 is 36.1 Å². The molecule has 5 N–H and O–H groups in total. The first-order chi connectivity index (χ1) is 55.8. The van der Waals surface area contributed by atoms with Gasteiger partial charge in [-0.3, -0.25) is 19.2 Å². The van der Waals surface area contributed by atoms with Crippen molar-refractivity contribution < 1.29 is 85.5 Å². The molecule has 0 unspecified atom stereocenters. The van der Waals surface area contributed by atoms with Crippen LogP contribution in [0.4, 0.5) is 18.4 Å². The van der Waals surface area contributed by atoms with Crippen molar-refractivity contribution in [1.29, 1.82) is 0 Å². The van der Waals surface area contributed by atoms with E-state index < -0.39 is 95.0 Å². The normalized spacial score (nSPS) is 16.8. The van der Waals surface area contributed by atoms with Crippen LogP contribution in [0.25, 0.3) is 32.3 Å². The molecule has 8 atom stereocenters. The number of esters is 3. The number of halogens is 2. The highest BCUT2D eigenvalue weighted by molar-refractivity contribution is 5.95. The monoisotopic (exact) mass is 1600 g/mol. The predicted molar refractivity (Wildman–Crippen MR) is 443 cm³/mol. The maximum atomic E-state index is 14.1. The van der Waals surface area contributed by atoms with E-state index in [-0.39, 0.29) is 74.6 Å². The number of ether oxygens (including phenoxy) is 5. The highest BCUT2D eigenvalue weighted by Gasteiger charge is 2.45. The van der Waals surface area contributed by atoms with Gasteiger partial charge in [-0.05, 0) is 145 Å². The standard InChI is InChI=1S/C35H40FN3O6.2C21H24N2O3.C14H18FNO4/c1-6-9-29-32(41)39(30(33(42)44-5)22-24-12-15-25-10-7-8-11-26(25)20-24)19-18-38(29)31(40)28(37-34(43)45-35(2,3)4)21-23-13-16-27(36)17-14-23;2*1-3-6-18-20(24)23(12-11-22-18)19(21(25)26-2)14-15-9-10-16-7-4-5-8-17(16)13-15;1-14(2,3)20-13(19)16-11(12(17)18)8-9-4-6-10(15)7-5-9/h6-8,10-17,20,28-30H,1,9,18-19,21-22H2,2-5H3,(H,37,43);2*3-5,7-10,13,18-19,22H,1,6,11-12,14H2,2H3;4-7,11H,8H2,1-3H3,(H,16,19)(H,17,18)/t28-,29+,30+;2*18-,19-;11-/m1001/s1. The van der Waals surface area contributed by atoms with Gasteiger partial charge in [0.25, 0.3) is 0 Å². The Labute approximate surface area is 681 Å². The van der Waals surface area contributed by atoms with E-state index in [0.717, 1.165) is 49.0 Å². The number of carboxylic acid groups (broad SMARTS) is 1. The Bertz CT molecular complexity index is 4680. The van der Waals surface area contributed by atoms with Crippen LogP contribution in [0.5, 0.6) is 0 Å². The van der Waals surface area contributed by atoms with E-state index >= 15 is 0 Å². The van der Waals surface area contributed by atoms with Crippen molar-refractivity contribution in [3.63, 3.8) is 0 Å². The molecule has 620 valence electrons. The number of benzene rings is 8. The number of aliphatic carboxylic acids is 1. The minimum Gasteiger partial charge on any atom is -0.480 e. The van der Waals surface area contributed by atoms with Crippen LogP contribution in [-0.4, -0.2) is 205 Å². The smallest absolute Gasteiger partial charge is 0.408 e. The minimum atomic E-state index is -1.18. The van der Waals surface area contributed by atoms with Gasteiger partial charge in [-0.15, -0.1) is 19.7 Å². The summed E-state index contributed by atoms with van der Waals surface area (Å²) in [5.74, 6) is -4.43. The number of carbonyl (C=O) groups is 10. The third-order valence-electron chi connectivity index (χ3n) is 19.6. The Morgan fingerprint density at radius 1 is 0.444 bits per heavy atom. The number of rotatable bonds is 26. The van der Waals surface area contributed by atoms with Crippen LogP contribution in [0.15, 0.2) is 214 Å². The Kier molecular flexibility index (Phi) is 33.2. The largest absolute Gasteiger partial charge is 0.480 e. The third kappa shape index (κ3) is 26.4. The van der Waals surface area contributed by atoms with E-state index in [1.165, 1.54) is 79.7 Å². The zero-order valence-electron chi connectivity index (χ0n) is 67.7. The van der Waals surface area contributed by atoms with Gasteiger partial charge in [0.1, 0.15) is 59.1 Å². The minimum absolute atomic E-state index is 0.0420. The first kappa shape index (κ1) is 90.4. The molecule has 0 aromatic heterocycles. The van der Waals surface area contributed by atoms with Crippen LogP contribution in [0, 0.1) is 11.6 Å². The maximum Gasteiger partial charge on any atom is 0.408 e. The first-order valence-corrected chi connectivity index (χ1v) is 38.7. The topological polar surface area (TPSA) is 298 Å². The van der Waals surface area contributed by atoms with Crippen LogP contribution in [0.3, 0.4) is 0 Å². The van der Waals surface area contributed by atoms with E-state index in [1.54, 1.807) is 69.6 Å². The molecule has 3 aliphatic rings. The number of piperazine rings is 3. The van der Waals surface area contributed by atoms with Gasteiger partial charge < -0.3 is 69.7 Å². The lowest BCUT2D eigenvalue weighted by Gasteiger charge is -2.44. The fourth-order valence-electron chi connectivity index (χ4n) is 13.9. The van der Waals surface area contributed by atoms with Crippen LogP contribution < -0.4 is 21.3 Å². The lowest BCUT2D eigenvalue weighted by Crippen LogP contribution is -2.65. The van der Waals surface area contributed by atoms with E-state index in [0.29, 0.717) is 63.0 Å². The predicted octanol–water partition coefficient (Wildman–Crippen LogP) is 11.8. The molecule has 117 heavy (non-hydrogen) atoms. The number of nitrogens with one attached hydrogen (secondary N) is 4. The average molecular weight is 1610 g/mol. The fraction of sp³-hybridized carbons (Fsp3) is 0.363. The summed E-state index contributed by atoms with van der Waals surface area (Å²) in [5, 5.41) is 27.0. The Balaban J connectivity index is 0.000000205. The van der Waals surface area contributed by atoms with Gasteiger partial charge in [0.15, 0.2) is 0 Å². The molecule has 0 bridgehead atoms. The molecule has 8 aromatic carbocycles. The second-order valence-electron chi connectivity index (χ2n) is 30.4. The molecule has 26 heteroatoms.